The van der Waals surface area contributed by atoms with Crippen molar-refractivity contribution in [3.05, 3.63) is 65.9 Å². The molecule has 25 heavy (non-hydrogen) atoms. The van der Waals surface area contributed by atoms with Gasteiger partial charge in [-0.25, -0.2) is 0 Å². The number of benzene rings is 2. The number of aliphatic hydroxyl groups excluding tert-OH is 1. The van der Waals surface area contributed by atoms with Crippen LogP contribution in [0.3, 0.4) is 0 Å². The molecule has 3 aromatic rings. The average Bonchev–Trinajstić information content (AvgIpc) is 3.03. The summed E-state index contributed by atoms with van der Waals surface area (Å²) in [5.41, 5.74) is 2.45. The second-order valence-electron chi connectivity index (χ2n) is 6.10. The highest BCUT2D eigenvalue weighted by Crippen LogP contribution is 2.25. The molecule has 0 bridgehead atoms. The standard InChI is InChI=1S/C21H23NO3/c1-25-17-11-9-16(10-12-17)21(24)19-15-22(13-5-2-6-14-23)20-8-4-3-7-18(19)20/h3-4,7-12,15,23H,2,5-6,13-14H2,1H3. The molecule has 1 N–H and O–H groups in total. The number of ketones is 1. The van der Waals surface area contributed by atoms with Gasteiger partial charge in [-0.3, -0.25) is 4.79 Å². The Hall–Kier alpha value is -2.59. The van der Waals surface area contributed by atoms with Gasteiger partial charge in [0.1, 0.15) is 5.75 Å². The number of aliphatic hydroxyl groups is 1. The van der Waals surface area contributed by atoms with Crippen LogP contribution >= 0.6 is 0 Å². The number of para-hydroxylation sites is 1. The van der Waals surface area contributed by atoms with Gasteiger partial charge in [-0.2, -0.15) is 0 Å². The molecule has 0 amide bonds. The molecule has 2 aromatic carbocycles. The molecule has 0 atom stereocenters. The number of nitrogens with zero attached hydrogens (tertiary/aromatic N) is 1. The number of carbonyl (C=O) groups excluding carboxylic acids is 1. The molecule has 0 saturated carbocycles. The minimum absolute atomic E-state index is 0.0213. The molecule has 3 rings (SSSR count). The van der Waals surface area contributed by atoms with Gasteiger partial charge < -0.3 is 14.4 Å². The topological polar surface area (TPSA) is 51.5 Å². The third-order valence-corrected chi connectivity index (χ3v) is 4.44. The maximum absolute atomic E-state index is 13.0. The van der Waals surface area contributed by atoms with Gasteiger partial charge in [0.15, 0.2) is 5.78 Å². The Morgan fingerprint density at radius 2 is 1.80 bits per heavy atom. The molecule has 1 heterocycles. The third-order valence-electron chi connectivity index (χ3n) is 4.44. The summed E-state index contributed by atoms with van der Waals surface area (Å²) in [6.45, 7) is 1.07. The first kappa shape index (κ1) is 17.2. The Morgan fingerprint density at radius 3 is 2.52 bits per heavy atom. The molecule has 1 aromatic heterocycles. The Labute approximate surface area is 147 Å². The number of hydrogen-bond donors (Lipinski definition) is 1. The lowest BCUT2D eigenvalue weighted by Gasteiger charge is -2.04. The first-order chi connectivity index (χ1) is 12.2. The van der Waals surface area contributed by atoms with Crippen molar-refractivity contribution in [2.75, 3.05) is 13.7 Å². The van der Waals surface area contributed by atoms with Gasteiger partial charge in [0.2, 0.25) is 0 Å². The fourth-order valence-electron chi connectivity index (χ4n) is 3.08. The van der Waals surface area contributed by atoms with E-state index in [1.165, 1.54) is 0 Å². The van der Waals surface area contributed by atoms with Crippen LogP contribution in [0.25, 0.3) is 10.9 Å². The number of aromatic nitrogens is 1. The first-order valence-electron chi connectivity index (χ1n) is 8.62. The molecule has 0 aliphatic rings. The lowest BCUT2D eigenvalue weighted by Crippen LogP contribution is -2.01. The van der Waals surface area contributed by atoms with Crippen LogP contribution in [0.2, 0.25) is 0 Å². The lowest BCUT2D eigenvalue weighted by molar-refractivity contribution is 0.104. The first-order valence-corrected chi connectivity index (χ1v) is 8.62. The van der Waals surface area contributed by atoms with Crippen LogP contribution in [0, 0.1) is 0 Å². The maximum atomic E-state index is 13.0. The van der Waals surface area contributed by atoms with Crippen molar-refractivity contribution in [2.24, 2.45) is 0 Å². The molecule has 0 unspecified atom stereocenters. The molecule has 4 nitrogen and oxygen atoms in total. The van der Waals surface area contributed by atoms with E-state index in [-0.39, 0.29) is 12.4 Å². The summed E-state index contributed by atoms with van der Waals surface area (Å²) in [6.07, 6.45) is 4.73. The molecule has 0 aliphatic heterocycles. The Balaban J connectivity index is 1.90. The number of hydrogen-bond acceptors (Lipinski definition) is 3. The fraction of sp³-hybridized carbons (Fsp3) is 0.286. The van der Waals surface area contributed by atoms with Crippen molar-refractivity contribution in [3.63, 3.8) is 0 Å². The summed E-state index contributed by atoms with van der Waals surface area (Å²) < 4.78 is 7.30. The zero-order chi connectivity index (χ0) is 17.6. The van der Waals surface area contributed by atoms with Gasteiger partial charge in [0.05, 0.1) is 7.11 Å². The van der Waals surface area contributed by atoms with Crippen molar-refractivity contribution in [1.29, 1.82) is 0 Å². The number of fused-ring (bicyclic) bond motifs is 1. The zero-order valence-corrected chi connectivity index (χ0v) is 14.4. The molecule has 0 spiro atoms. The molecule has 0 saturated heterocycles. The summed E-state index contributed by atoms with van der Waals surface area (Å²) in [6, 6.07) is 15.2. The van der Waals surface area contributed by atoms with Crippen molar-refractivity contribution in [1.82, 2.24) is 4.57 Å². The second kappa shape index (κ2) is 7.99. The minimum Gasteiger partial charge on any atom is -0.497 e. The van der Waals surface area contributed by atoms with Crippen LogP contribution in [0.4, 0.5) is 0 Å². The van der Waals surface area contributed by atoms with Crippen LogP contribution in [0.5, 0.6) is 5.75 Å². The van der Waals surface area contributed by atoms with Gasteiger partial charge in [-0.05, 0) is 49.6 Å². The van der Waals surface area contributed by atoms with E-state index in [2.05, 4.69) is 4.57 Å². The van der Waals surface area contributed by atoms with Crippen LogP contribution in [-0.2, 0) is 6.54 Å². The van der Waals surface area contributed by atoms with Crippen molar-refractivity contribution in [3.8, 4) is 5.75 Å². The summed E-state index contributed by atoms with van der Waals surface area (Å²) in [4.78, 5) is 13.0. The quantitative estimate of drug-likeness (QED) is 0.498. The average molecular weight is 337 g/mol. The fourth-order valence-corrected chi connectivity index (χ4v) is 3.08. The van der Waals surface area contributed by atoms with E-state index in [1.807, 2.05) is 30.5 Å². The van der Waals surface area contributed by atoms with E-state index in [4.69, 9.17) is 9.84 Å². The van der Waals surface area contributed by atoms with E-state index < -0.39 is 0 Å². The summed E-state index contributed by atoms with van der Waals surface area (Å²) >= 11 is 0. The summed E-state index contributed by atoms with van der Waals surface area (Å²) in [7, 11) is 1.61. The second-order valence-corrected chi connectivity index (χ2v) is 6.10. The Kier molecular flexibility index (Phi) is 5.51. The molecule has 4 heteroatoms. The highest BCUT2D eigenvalue weighted by atomic mass is 16.5. The number of unbranched alkanes of at least 4 members (excludes halogenated alkanes) is 2. The number of ether oxygens (including phenoxy) is 1. The Morgan fingerprint density at radius 1 is 1.04 bits per heavy atom. The number of carbonyl (C=O) groups is 1. The van der Waals surface area contributed by atoms with E-state index in [0.717, 1.165) is 48.0 Å². The highest BCUT2D eigenvalue weighted by Gasteiger charge is 2.16. The van der Waals surface area contributed by atoms with Gasteiger partial charge >= 0.3 is 0 Å². The molecule has 0 fully saturated rings. The number of rotatable bonds is 8. The predicted molar refractivity (Wildman–Crippen MR) is 99.3 cm³/mol. The van der Waals surface area contributed by atoms with E-state index in [9.17, 15) is 4.79 Å². The van der Waals surface area contributed by atoms with Crippen LogP contribution in [0.15, 0.2) is 54.7 Å². The van der Waals surface area contributed by atoms with E-state index in [0.29, 0.717) is 5.56 Å². The van der Waals surface area contributed by atoms with Crippen molar-refractivity contribution >= 4 is 16.7 Å². The van der Waals surface area contributed by atoms with Gasteiger partial charge in [-0.15, -0.1) is 0 Å². The van der Waals surface area contributed by atoms with Crippen molar-refractivity contribution < 1.29 is 14.6 Å². The highest BCUT2D eigenvalue weighted by molar-refractivity contribution is 6.16. The molecule has 130 valence electrons. The van der Waals surface area contributed by atoms with Gasteiger partial charge in [-0.1, -0.05) is 18.2 Å². The van der Waals surface area contributed by atoms with Gasteiger partial charge in [0, 0.05) is 41.4 Å². The zero-order valence-electron chi connectivity index (χ0n) is 14.4. The van der Waals surface area contributed by atoms with E-state index in [1.54, 1.807) is 31.4 Å². The summed E-state index contributed by atoms with van der Waals surface area (Å²) in [5, 5.41) is 9.89. The van der Waals surface area contributed by atoms with Crippen LogP contribution < -0.4 is 4.74 Å². The maximum Gasteiger partial charge on any atom is 0.195 e. The largest absolute Gasteiger partial charge is 0.497 e. The Bertz CT molecular complexity index is 849. The molecular formula is C21H23NO3. The van der Waals surface area contributed by atoms with Gasteiger partial charge in [0.25, 0.3) is 0 Å². The van der Waals surface area contributed by atoms with E-state index >= 15 is 0 Å². The SMILES string of the molecule is COc1ccc(C(=O)c2cn(CCCCCO)c3ccccc23)cc1. The lowest BCUT2D eigenvalue weighted by atomic mass is 10.0. The normalized spacial score (nSPS) is 11.0. The van der Waals surface area contributed by atoms with Crippen LogP contribution in [0.1, 0.15) is 35.2 Å². The van der Waals surface area contributed by atoms with Crippen molar-refractivity contribution in [2.45, 2.75) is 25.8 Å². The third kappa shape index (κ3) is 3.74. The summed E-state index contributed by atoms with van der Waals surface area (Å²) in [5.74, 6) is 0.760. The predicted octanol–water partition coefficient (Wildman–Crippen LogP) is 4.04. The number of aryl methyl sites for hydroxylation is 1. The van der Waals surface area contributed by atoms with Crippen LogP contribution in [-0.4, -0.2) is 29.2 Å². The molecule has 0 radical (unpaired) electrons. The monoisotopic (exact) mass is 337 g/mol. The smallest absolute Gasteiger partial charge is 0.195 e. The molecule has 0 aliphatic carbocycles. The molecular weight excluding hydrogens is 314 g/mol. The minimum atomic E-state index is 0.0213. The number of methoxy groups -OCH3 is 1.